The number of tetrazole rings is 1. The van der Waals surface area contributed by atoms with Crippen molar-refractivity contribution in [2.45, 2.75) is 25.4 Å². The number of aryl methyl sites for hydroxylation is 2. The summed E-state index contributed by atoms with van der Waals surface area (Å²) >= 11 is 1.49. The van der Waals surface area contributed by atoms with Crippen molar-refractivity contribution >= 4 is 11.8 Å². The SMILES string of the molecule is Cc1cc(C)cc(-n2nnnc2SCCC#N)c1. The lowest BCUT2D eigenvalue weighted by Crippen LogP contribution is -2.00. The van der Waals surface area contributed by atoms with E-state index in [1.54, 1.807) is 4.68 Å². The van der Waals surface area contributed by atoms with Gasteiger partial charge in [0.05, 0.1) is 11.8 Å². The molecule has 0 unspecified atom stereocenters. The maximum Gasteiger partial charge on any atom is 0.214 e. The second-order valence-electron chi connectivity index (χ2n) is 3.98. The van der Waals surface area contributed by atoms with Crippen molar-refractivity contribution in [3.63, 3.8) is 0 Å². The van der Waals surface area contributed by atoms with Crippen LogP contribution in [0.3, 0.4) is 0 Å². The molecule has 92 valence electrons. The smallest absolute Gasteiger partial charge is 0.198 e. The van der Waals surface area contributed by atoms with Gasteiger partial charge in [-0.1, -0.05) is 17.8 Å². The fourth-order valence-corrected chi connectivity index (χ4v) is 2.43. The summed E-state index contributed by atoms with van der Waals surface area (Å²) in [4.78, 5) is 0. The van der Waals surface area contributed by atoms with Crippen LogP contribution in [0.4, 0.5) is 0 Å². The number of nitrogens with zero attached hydrogens (tertiary/aromatic N) is 5. The van der Waals surface area contributed by atoms with E-state index in [0.717, 1.165) is 10.8 Å². The third kappa shape index (κ3) is 2.87. The minimum atomic E-state index is 0.490. The first kappa shape index (κ1) is 12.6. The molecule has 0 N–H and O–H groups in total. The molecule has 0 spiro atoms. The van der Waals surface area contributed by atoms with Crippen molar-refractivity contribution in [1.29, 1.82) is 5.26 Å². The molecule has 1 aromatic carbocycles. The van der Waals surface area contributed by atoms with Crippen LogP contribution in [0.15, 0.2) is 23.4 Å². The van der Waals surface area contributed by atoms with Gasteiger partial charge in [0.2, 0.25) is 5.16 Å². The normalized spacial score (nSPS) is 10.3. The van der Waals surface area contributed by atoms with Crippen molar-refractivity contribution < 1.29 is 0 Å². The molecule has 18 heavy (non-hydrogen) atoms. The van der Waals surface area contributed by atoms with Gasteiger partial charge in [-0.3, -0.25) is 0 Å². The van der Waals surface area contributed by atoms with Crippen molar-refractivity contribution in [1.82, 2.24) is 20.2 Å². The fraction of sp³-hybridized carbons (Fsp3) is 0.333. The molecule has 1 aromatic heterocycles. The Morgan fingerprint density at radius 3 is 2.67 bits per heavy atom. The standard InChI is InChI=1S/C12H13N5S/c1-9-6-10(2)8-11(7-9)17-12(14-15-16-17)18-5-3-4-13/h6-8H,3,5H2,1-2H3. The fourth-order valence-electron chi connectivity index (χ4n) is 1.69. The van der Waals surface area contributed by atoms with Gasteiger partial charge in [0.1, 0.15) is 0 Å². The van der Waals surface area contributed by atoms with E-state index >= 15 is 0 Å². The van der Waals surface area contributed by atoms with Crippen LogP contribution in [0.5, 0.6) is 0 Å². The Morgan fingerprint density at radius 2 is 2.00 bits per heavy atom. The molecule has 0 bridgehead atoms. The van der Waals surface area contributed by atoms with Gasteiger partial charge >= 0.3 is 0 Å². The molecular formula is C12H13N5S. The Labute approximate surface area is 110 Å². The van der Waals surface area contributed by atoms with E-state index in [4.69, 9.17) is 5.26 Å². The first-order valence-corrected chi connectivity index (χ1v) is 6.56. The maximum absolute atomic E-state index is 8.53. The highest BCUT2D eigenvalue weighted by Gasteiger charge is 2.09. The molecule has 0 radical (unpaired) electrons. The first-order chi connectivity index (χ1) is 8.70. The monoisotopic (exact) mass is 259 g/mol. The van der Waals surface area contributed by atoms with Gasteiger partial charge in [0, 0.05) is 12.2 Å². The zero-order valence-corrected chi connectivity index (χ0v) is 11.1. The quantitative estimate of drug-likeness (QED) is 0.622. The molecule has 0 aliphatic carbocycles. The predicted molar refractivity (Wildman–Crippen MR) is 69.6 cm³/mol. The molecule has 0 atom stereocenters. The summed E-state index contributed by atoms with van der Waals surface area (Å²) in [6.07, 6.45) is 0.490. The summed E-state index contributed by atoms with van der Waals surface area (Å²) in [5.41, 5.74) is 3.30. The van der Waals surface area contributed by atoms with Gasteiger partial charge in [0.25, 0.3) is 0 Å². The molecule has 0 aliphatic rings. The van der Waals surface area contributed by atoms with Gasteiger partial charge in [-0.05, 0) is 47.5 Å². The van der Waals surface area contributed by atoms with Crippen LogP contribution in [-0.4, -0.2) is 26.0 Å². The average Bonchev–Trinajstić information content (AvgIpc) is 2.76. The highest BCUT2D eigenvalue weighted by Crippen LogP contribution is 2.20. The number of hydrogen-bond donors (Lipinski definition) is 0. The van der Waals surface area contributed by atoms with E-state index < -0.39 is 0 Å². The zero-order valence-electron chi connectivity index (χ0n) is 10.3. The van der Waals surface area contributed by atoms with E-state index in [9.17, 15) is 0 Å². The third-order valence-electron chi connectivity index (χ3n) is 2.34. The molecule has 0 amide bonds. The molecule has 0 saturated carbocycles. The van der Waals surface area contributed by atoms with Gasteiger partial charge < -0.3 is 0 Å². The van der Waals surface area contributed by atoms with Gasteiger partial charge in [-0.15, -0.1) is 5.10 Å². The second kappa shape index (κ2) is 5.65. The Hall–Kier alpha value is -1.87. The van der Waals surface area contributed by atoms with Crippen LogP contribution in [-0.2, 0) is 0 Å². The molecule has 0 aliphatic heterocycles. The molecule has 0 saturated heterocycles. The number of benzene rings is 1. The Balaban J connectivity index is 2.28. The predicted octanol–water partition coefficient (Wildman–Crippen LogP) is 2.28. The third-order valence-corrected chi connectivity index (χ3v) is 3.26. The summed E-state index contributed by atoms with van der Waals surface area (Å²) < 4.78 is 1.71. The first-order valence-electron chi connectivity index (χ1n) is 5.57. The lowest BCUT2D eigenvalue weighted by atomic mass is 10.1. The van der Waals surface area contributed by atoms with Crippen LogP contribution in [0.2, 0.25) is 0 Å². The van der Waals surface area contributed by atoms with E-state index in [1.807, 2.05) is 26.0 Å². The minimum absolute atomic E-state index is 0.490. The van der Waals surface area contributed by atoms with E-state index in [2.05, 4.69) is 27.7 Å². The van der Waals surface area contributed by atoms with Crippen molar-refractivity contribution in [3.05, 3.63) is 29.3 Å². The van der Waals surface area contributed by atoms with Crippen LogP contribution >= 0.6 is 11.8 Å². The molecule has 2 rings (SSSR count). The highest BCUT2D eigenvalue weighted by molar-refractivity contribution is 7.99. The maximum atomic E-state index is 8.53. The topological polar surface area (TPSA) is 67.4 Å². The van der Waals surface area contributed by atoms with Crippen molar-refractivity contribution in [2.75, 3.05) is 5.75 Å². The number of hydrogen-bond acceptors (Lipinski definition) is 5. The number of rotatable bonds is 4. The van der Waals surface area contributed by atoms with Gasteiger partial charge in [-0.2, -0.15) is 9.94 Å². The van der Waals surface area contributed by atoms with E-state index in [0.29, 0.717) is 12.2 Å². The van der Waals surface area contributed by atoms with Crippen LogP contribution in [0.25, 0.3) is 5.69 Å². The van der Waals surface area contributed by atoms with Gasteiger partial charge in [-0.25, -0.2) is 0 Å². The van der Waals surface area contributed by atoms with Crippen LogP contribution in [0.1, 0.15) is 17.5 Å². The van der Waals surface area contributed by atoms with Crippen LogP contribution in [0, 0.1) is 25.2 Å². The van der Waals surface area contributed by atoms with Crippen molar-refractivity contribution in [2.24, 2.45) is 0 Å². The summed E-state index contributed by atoms with van der Waals surface area (Å²) in [6, 6.07) is 8.30. The second-order valence-corrected chi connectivity index (χ2v) is 5.04. The summed E-state index contributed by atoms with van der Waals surface area (Å²) in [5.74, 6) is 0.696. The number of aromatic nitrogens is 4. The largest absolute Gasteiger partial charge is 0.214 e. The Kier molecular flexibility index (Phi) is 3.95. The molecule has 0 fully saturated rings. The zero-order chi connectivity index (χ0) is 13.0. The average molecular weight is 259 g/mol. The lowest BCUT2D eigenvalue weighted by Gasteiger charge is -2.06. The van der Waals surface area contributed by atoms with E-state index in [-0.39, 0.29) is 0 Å². The molecule has 1 heterocycles. The molecular weight excluding hydrogens is 246 g/mol. The molecule has 6 heteroatoms. The van der Waals surface area contributed by atoms with Crippen LogP contribution < -0.4 is 0 Å². The Morgan fingerprint density at radius 1 is 1.28 bits per heavy atom. The highest BCUT2D eigenvalue weighted by atomic mass is 32.2. The lowest BCUT2D eigenvalue weighted by molar-refractivity contribution is 0.755. The van der Waals surface area contributed by atoms with E-state index in [1.165, 1.54) is 22.9 Å². The van der Waals surface area contributed by atoms with Gasteiger partial charge in [0.15, 0.2) is 0 Å². The van der Waals surface area contributed by atoms with Crippen molar-refractivity contribution in [3.8, 4) is 11.8 Å². The number of thioether (sulfide) groups is 1. The number of nitriles is 1. The molecule has 5 nitrogen and oxygen atoms in total. The summed E-state index contributed by atoms with van der Waals surface area (Å²) in [5, 5.41) is 20.9. The summed E-state index contributed by atoms with van der Waals surface area (Å²) in [6.45, 7) is 4.09. The molecule has 2 aromatic rings. The minimum Gasteiger partial charge on any atom is -0.198 e. The Bertz CT molecular complexity index is 564. The summed E-state index contributed by atoms with van der Waals surface area (Å²) in [7, 11) is 0.